The first-order valence-corrected chi connectivity index (χ1v) is 13.0. The van der Waals surface area contributed by atoms with E-state index in [1.807, 2.05) is 11.9 Å². The van der Waals surface area contributed by atoms with Gasteiger partial charge in [-0.15, -0.1) is 0 Å². The van der Waals surface area contributed by atoms with Crippen molar-refractivity contribution in [2.75, 3.05) is 28.8 Å². The molecule has 1 saturated heterocycles. The summed E-state index contributed by atoms with van der Waals surface area (Å²) in [5, 5.41) is 3.61. The molecule has 4 heterocycles. The van der Waals surface area contributed by atoms with Crippen LogP contribution in [-0.2, 0) is 35.4 Å². The third-order valence-electron chi connectivity index (χ3n) is 7.02. The summed E-state index contributed by atoms with van der Waals surface area (Å²) in [6.07, 6.45) is -2.76. The van der Waals surface area contributed by atoms with Crippen LogP contribution in [0.1, 0.15) is 41.2 Å². The standard InChI is InChI=1S/C27H27ClF3N7O2/c1-15-9-16(27(29,30)31)10-23(34-15)38-22(7-8-24(38)39)26(40)37(3)21-6-4-5-18(28)25(21)36(2)14-17-11-33-19-12-32-13-20(19)35-17/h4-6,9-11,22,32H,7-8,12-14H2,1-3H3. The first-order valence-electron chi connectivity index (χ1n) is 12.6. The molecule has 13 heteroatoms. The molecule has 2 aliphatic rings. The Bertz CT molecular complexity index is 1480. The number of aromatic nitrogens is 3. The number of carbonyl (C=O) groups excluding carboxylic acids is 2. The third kappa shape index (κ3) is 5.33. The lowest BCUT2D eigenvalue weighted by atomic mass is 10.1. The molecule has 0 saturated carbocycles. The molecule has 1 atom stereocenters. The number of para-hydroxylation sites is 1. The number of halogens is 4. The summed E-state index contributed by atoms with van der Waals surface area (Å²) in [5.41, 5.74) is 2.72. The molecule has 1 N–H and O–H groups in total. The van der Waals surface area contributed by atoms with Crippen LogP contribution in [0, 0.1) is 6.92 Å². The van der Waals surface area contributed by atoms with E-state index < -0.39 is 29.6 Å². The highest BCUT2D eigenvalue weighted by atomic mass is 35.5. The summed E-state index contributed by atoms with van der Waals surface area (Å²) in [7, 11) is 3.37. The van der Waals surface area contributed by atoms with Crippen molar-refractivity contribution >= 4 is 40.6 Å². The Kier molecular flexibility index (Phi) is 7.40. The average Bonchev–Trinajstić information content (AvgIpc) is 3.52. The van der Waals surface area contributed by atoms with Gasteiger partial charge in [-0.25, -0.2) is 4.98 Å². The Morgan fingerprint density at radius 1 is 1.18 bits per heavy atom. The molecule has 3 aromatic rings. The zero-order chi connectivity index (χ0) is 28.8. The number of likely N-dealkylation sites (N-methyl/N-ethyl adjacent to an activating group) is 1. The van der Waals surface area contributed by atoms with E-state index in [9.17, 15) is 22.8 Å². The molecule has 2 amide bonds. The van der Waals surface area contributed by atoms with E-state index >= 15 is 0 Å². The summed E-state index contributed by atoms with van der Waals surface area (Å²) in [5.74, 6) is -1.14. The second kappa shape index (κ2) is 10.7. The number of benzene rings is 1. The van der Waals surface area contributed by atoms with Crippen LogP contribution < -0.4 is 20.0 Å². The SMILES string of the molecule is Cc1cc(C(F)(F)F)cc(N2C(=O)CCC2C(=O)N(C)c2cccc(Cl)c2N(C)Cc2cnc3c(n2)CNC3)n1. The number of aryl methyl sites for hydroxylation is 1. The number of hydrogen-bond donors (Lipinski definition) is 1. The maximum absolute atomic E-state index is 13.8. The van der Waals surface area contributed by atoms with Gasteiger partial charge in [0.25, 0.3) is 0 Å². The number of nitrogens with one attached hydrogen (secondary N) is 1. The van der Waals surface area contributed by atoms with Crippen molar-refractivity contribution in [2.24, 2.45) is 0 Å². The Labute approximate surface area is 234 Å². The quantitative estimate of drug-likeness (QED) is 0.471. The largest absolute Gasteiger partial charge is 0.416 e. The lowest BCUT2D eigenvalue weighted by Crippen LogP contribution is -2.46. The Balaban J connectivity index is 1.43. The number of alkyl halides is 3. The van der Waals surface area contributed by atoms with Crippen molar-refractivity contribution in [1.29, 1.82) is 0 Å². The molecule has 5 rings (SSSR count). The minimum absolute atomic E-state index is 0.00931. The molecule has 210 valence electrons. The van der Waals surface area contributed by atoms with E-state index in [1.54, 1.807) is 31.4 Å². The highest BCUT2D eigenvalue weighted by Gasteiger charge is 2.41. The predicted molar refractivity (Wildman–Crippen MR) is 144 cm³/mol. The summed E-state index contributed by atoms with van der Waals surface area (Å²) in [6.45, 7) is 3.10. The van der Waals surface area contributed by atoms with Crippen LogP contribution in [0.3, 0.4) is 0 Å². The third-order valence-corrected chi connectivity index (χ3v) is 7.32. The predicted octanol–water partition coefficient (Wildman–Crippen LogP) is 4.25. The van der Waals surface area contributed by atoms with E-state index in [2.05, 4.69) is 20.3 Å². The second-order valence-corrected chi connectivity index (χ2v) is 10.3. The van der Waals surface area contributed by atoms with E-state index in [0.29, 0.717) is 36.0 Å². The minimum atomic E-state index is -4.62. The highest BCUT2D eigenvalue weighted by molar-refractivity contribution is 6.34. The molecule has 0 bridgehead atoms. The van der Waals surface area contributed by atoms with Crippen molar-refractivity contribution in [1.82, 2.24) is 20.3 Å². The van der Waals surface area contributed by atoms with Gasteiger partial charge in [0.05, 0.1) is 51.8 Å². The summed E-state index contributed by atoms with van der Waals surface area (Å²) < 4.78 is 40.4. The Morgan fingerprint density at radius 2 is 1.93 bits per heavy atom. The molecular weight excluding hydrogens is 547 g/mol. The summed E-state index contributed by atoms with van der Waals surface area (Å²) in [4.78, 5) is 44.3. The van der Waals surface area contributed by atoms with Gasteiger partial charge in [-0.3, -0.25) is 24.5 Å². The van der Waals surface area contributed by atoms with Crippen LogP contribution in [0.2, 0.25) is 5.02 Å². The van der Waals surface area contributed by atoms with Crippen LogP contribution in [0.5, 0.6) is 0 Å². The summed E-state index contributed by atoms with van der Waals surface area (Å²) in [6, 6.07) is 5.82. The maximum atomic E-state index is 13.8. The molecule has 40 heavy (non-hydrogen) atoms. The fraction of sp³-hybridized carbons (Fsp3) is 0.370. The zero-order valence-electron chi connectivity index (χ0n) is 22.1. The van der Waals surface area contributed by atoms with Crippen LogP contribution in [0.4, 0.5) is 30.4 Å². The molecule has 1 unspecified atom stereocenters. The Hall–Kier alpha value is -3.77. The van der Waals surface area contributed by atoms with Gasteiger partial charge in [0.2, 0.25) is 11.8 Å². The van der Waals surface area contributed by atoms with Crippen molar-refractivity contribution in [3.63, 3.8) is 0 Å². The molecule has 1 aromatic carbocycles. The van der Waals surface area contributed by atoms with Gasteiger partial charge in [0.15, 0.2) is 0 Å². The van der Waals surface area contributed by atoms with Gasteiger partial charge in [-0.1, -0.05) is 17.7 Å². The fourth-order valence-corrected chi connectivity index (χ4v) is 5.43. The Morgan fingerprint density at radius 3 is 2.67 bits per heavy atom. The number of nitrogens with zero attached hydrogens (tertiary/aromatic N) is 6. The van der Waals surface area contributed by atoms with Gasteiger partial charge in [0, 0.05) is 39.3 Å². The smallest absolute Gasteiger partial charge is 0.366 e. The second-order valence-electron chi connectivity index (χ2n) is 9.89. The van der Waals surface area contributed by atoms with E-state index in [1.165, 1.54) is 11.8 Å². The van der Waals surface area contributed by atoms with E-state index in [-0.39, 0.29) is 24.4 Å². The van der Waals surface area contributed by atoms with Crippen LogP contribution in [-0.4, -0.2) is 46.9 Å². The maximum Gasteiger partial charge on any atom is 0.416 e. The molecule has 2 aliphatic heterocycles. The van der Waals surface area contributed by atoms with Gasteiger partial charge in [-0.2, -0.15) is 13.2 Å². The number of pyridine rings is 1. The van der Waals surface area contributed by atoms with Gasteiger partial charge in [0.1, 0.15) is 11.9 Å². The lowest BCUT2D eigenvalue weighted by molar-refractivity contribution is -0.137. The number of carbonyl (C=O) groups is 2. The number of hydrogen-bond acceptors (Lipinski definition) is 7. The van der Waals surface area contributed by atoms with Crippen LogP contribution in [0.15, 0.2) is 36.5 Å². The summed E-state index contributed by atoms with van der Waals surface area (Å²) >= 11 is 6.61. The van der Waals surface area contributed by atoms with Crippen molar-refractivity contribution < 1.29 is 22.8 Å². The molecule has 2 aromatic heterocycles. The number of amides is 2. The minimum Gasteiger partial charge on any atom is -0.366 e. The topological polar surface area (TPSA) is 94.6 Å². The fourth-order valence-electron chi connectivity index (χ4n) is 5.12. The van der Waals surface area contributed by atoms with Gasteiger partial charge >= 0.3 is 6.18 Å². The molecule has 0 aliphatic carbocycles. The molecule has 0 spiro atoms. The van der Waals surface area contributed by atoms with E-state index in [0.717, 1.165) is 34.1 Å². The van der Waals surface area contributed by atoms with Gasteiger partial charge < -0.3 is 15.1 Å². The molecular formula is C27H27ClF3N7O2. The number of anilines is 3. The highest BCUT2D eigenvalue weighted by Crippen LogP contribution is 2.38. The monoisotopic (exact) mass is 573 g/mol. The molecule has 9 nitrogen and oxygen atoms in total. The van der Waals surface area contributed by atoms with Crippen molar-refractivity contribution in [2.45, 2.75) is 51.6 Å². The average molecular weight is 574 g/mol. The lowest BCUT2D eigenvalue weighted by Gasteiger charge is -2.31. The first kappa shape index (κ1) is 27.8. The zero-order valence-corrected chi connectivity index (χ0v) is 22.8. The normalized spacial score (nSPS) is 16.8. The van der Waals surface area contributed by atoms with Crippen LogP contribution in [0.25, 0.3) is 0 Å². The molecule has 0 radical (unpaired) electrons. The number of rotatable bonds is 6. The number of fused-ring (bicyclic) bond motifs is 1. The van der Waals surface area contributed by atoms with Crippen molar-refractivity contribution in [3.8, 4) is 0 Å². The van der Waals surface area contributed by atoms with Gasteiger partial charge in [-0.05, 0) is 37.6 Å². The van der Waals surface area contributed by atoms with Crippen molar-refractivity contribution in [3.05, 3.63) is 69.9 Å². The first-order chi connectivity index (χ1) is 18.9. The van der Waals surface area contributed by atoms with Crippen LogP contribution >= 0.6 is 11.6 Å². The molecule has 1 fully saturated rings. The van der Waals surface area contributed by atoms with E-state index in [4.69, 9.17) is 11.6 Å².